The standard InChI is InChI=1S/C11H14N2O4/c1-12-4-2-3-8(12)10(14)13-5-6-17-7-9(13)11(15)16/h2-4,9H,5-7H2,1H3,(H,15,16)/t9-/m1/s1. The second-order valence-electron chi connectivity index (χ2n) is 3.93. The molecule has 0 unspecified atom stereocenters. The topological polar surface area (TPSA) is 71.8 Å². The SMILES string of the molecule is Cn1cccc1C(=O)N1CCOC[C@@H]1C(=O)O. The number of ether oxygens (including phenoxy) is 1. The van der Waals surface area contributed by atoms with E-state index in [0.717, 1.165) is 0 Å². The van der Waals surface area contributed by atoms with Crippen molar-refractivity contribution >= 4 is 11.9 Å². The third-order valence-electron chi connectivity index (χ3n) is 2.84. The molecule has 1 fully saturated rings. The molecule has 1 aliphatic rings. The fraction of sp³-hybridized carbons (Fsp3) is 0.455. The number of carboxylic acid groups (broad SMARTS) is 1. The van der Waals surface area contributed by atoms with Crippen molar-refractivity contribution in [3.05, 3.63) is 24.0 Å². The highest BCUT2D eigenvalue weighted by Gasteiger charge is 2.33. The molecule has 1 atom stereocenters. The number of carboxylic acids is 1. The van der Waals surface area contributed by atoms with Crippen LogP contribution in [0.2, 0.25) is 0 Å². The molecule has 0 aromatic carbocycles. The molecule has 1 amide bonds. The maximum absolute atomic E-state index is 12.2. The molecule has 17 heavy (non-hydrogen) atoms. The summed E-state index contributed by atoms with van der Waals surface area (Å²) in [6, 6.07) is 2.53. The number of hydrogen-bond acceptors (Lipinski definition) is 3. The number of amides is 1. The van der Waals surface area contributed by atoms with Gasteiger partial charge in [-0.25, -0.2) is 4.79 Å². The van der Waals surface area contributed by atoms with Gasteiger partial charge in [-0.05, 0) is 12.1 Å². The van der Waals surface area contributed by atoms with Gasteiger partial charge in [-0.1, -0.05) is 0 Å². The van der Waals surface area contributed by atoms with E-state index in [-0.39, 0.29) is 12.5 Å². The summed E-state index contributed by atoms with van der Waals surface area (Å²) in [5.74, 6) is -1.31. The van der Waals surface area contributed by atoms with Crippen LogP contribution in [0.15, 0.2) is 18.3 Å². The Labute approximate surface area is 98.4 Å². The molecule has 1 aromatic rings. The number of hydrogen-bond donors (Lipinski definition) is 1. The van der Waals surface area contributed by atoms with Crippen molar-refractivity contribution in [2.75, 3.05) is 19.8 Å². The minimum Gasteiger partial charge on any atom is -0.480 e. The van der Waals surface area contributed by atoms with Gasteiger partial charge in [0.15, 0.2) is 6.04 Å². The second kappa shape index (κ2) is 4.58. The van der Waals surface area contributed by atoms with E-state index in [2.05, 4.69) is 0 Å². The third kappa shape index (κ3) is 2.16. The predicted octanol–water partition coefficient (Wildman–Crippen LogP) is -0.0493. The molecule has 1 saturated heterocycles. The fourth-order valence-corrected chi connectivity index (χ4v) is 1.88. The van der Waals surface area contributed by atoms with E-state index in [1.165, 1.54) is 4.90 Å². The Morgan fingerprint density at radius 3 is 2.88 bits per heavy atom. The Bertz CT molecular complexity index is 440. The number of aryl methyl sites for hydroxylation is 1. The molecule has 1 N–H and O–H groups in total. The number of aliphatic carboxylic acids is 1. The fourth-order valence-electron chi connectivity index (χ4n) is 1.88. The third-order valence-corrected chi connectivity index (χ3v) is 2.84. The highest BCUT2D eigenvalue weighted by molar-refractivity contribution is 5.95. The first kappa shape index (κ1) is 11.7. The zero-order chi connectivity index (χ0) is 12.4. The molecular formula is C11H14N2O4. The predicted molar refractivity (Wildman–Crippen MR) is 58.7 cm³/mol. The van der Waals surface area contributed by atoms with Gasteiger partial charge in [0.25, 0.3) is 5.91 Å². The maximum atomic E-state index is 12.2. The number of rotatable bonds is 2. The van der Waals surface area contributed by atoms with E-state index in [1.807, 2.05) is 0 Å². The largest absolute Gasteiger partial charge is 0.480 e. The zero-order valence-corrected chi connectivity index (χ0v) is 9.50. The average Bonchev–Trinajstić information content (AvgIpc) is 2.74. The quantitative estimate of drug-likeness (QED) is 0.784. The van der Waals surface area contributed by atoms with Crippen LogP contribution in [0.4, 0.5) is 0 Å². The number of nitrogens with zero attached hydrogens (tertiary/aromatic N) is 2. The first-order valence-electron chi connectivity index (χ1n) is 5.34. The summed E-state index contributed by atoms with van der Waals surface area (Å²) in [6.07, 6.45) is 1.75. The van der Waals surface area contributed by atoms with E-state index in [0.29, 0.717) is 18.8 Å². The van der Waals surface area contributed by atoms with Crippen molar-refractivity contribution in [2.24, 2.45) is 7.05 Å². The lowest BCUT2D eigenvalue weighted by molar-refractivity contribution is -0.147. The van der Waals surface area contributed by atoms with Gasteiger partial charge >= 0.3 is 5.97 Å². The Balaban J connectivity index is 2.23. The maximum Gasteiger partial charge on any atom is 0.328 e. The molecule has 2 heterocycles. The van der Waals surface area contributed by atoms with Crippen LogP contribution in [0.1, 0.15) is 10.5 Å². The summed E-state index contributed by atoms with van der Waals surface area (Å²) in [5, 5.41) is 9.04. The lowest BCUT2D eigenvalue weighted by Gasteiger charge is -2.32. The van der Waals surface area contributed by atoms with Gasteiger partial charge in [-0.3, -0.25) is 4.79 Å². The molecule has 1 aromatic heterocycles. The summed E-state index contributed by atoms with van der Waals surface area (Å²) < 4.78 is 6.77. The Hall–Kier alpha value is -1.82. The molecule has 0 saturated carbocycles. The van der Waals surface area contributed by atoms with Gasteiger partial charge in [-0.15, -0.1) is 0 Å². The van der Waals surface area contributed by atoms with Crippen LogP contribution < -0.4 is 0 Å². The normalized spacial score (nSPS) is 20.3. The van der Waals surface area contributed by atoms with Crippen LogP contribution in [0.3, 0.4) is 0 Å². The minimum absolute atomic E-state index is 0.0471. The first-order valence-corrected chi connectivity index (χ1v) is 5.34. The van der Waals surface area contributed by atoms with Crippen molar-refractivity contribution < 1.29 is 19.4 Å². The van der Waals surface area contributed by atoms with E-state index in [1.54, 1.807) is 29.9 Å². The van der Waals surface area contributed by atoms with Gasteiger partial charge in [0.05, 0.1) is 13.2 Å². The Morgan fingerprint density at radius 2 is 2.29 bits per heavy atom. The van der Waals surface area contributed by atoms with E-state index < -0.39 is 12.0 Å². The molecule has 0 spiro atoms. The summed E-state index contributed by atoms with van der Waals surface area (Å²) in [7, 11) is 1.75. The van der Waals surface area contributed by atoms with E-state index >= 15 is 0 Å². The molecule has 0 bridgehead atoms. The van der Waals surface area contributed by atoms with Gasteiger partial charge < -0.3 is 19.3 Å². The molecule has 6 nitrogen and oxygen atoms in total. The summed E-state index contributed by atoms with van der Waals surface area (Å²) in [6.45, 7) is 0.729. The molecule has 6 heteroatoms. The van der Waals surface area contributed by atoms with Gasteiger partial charge in [0.2, 0.25) is 0 Å². The Morgan fingerprint density at radius 1 is 1.53 bits per heavy atom. The first-order chi connectivity index (χ1) is 8.11. The summed E-state index contributed by atoms with van der Waals surface area (Å²) >= 11 is 0. The van der Waals surface area contributed by atoms with Crippen molar-refractivity contribution in [3.63, 3.8) is 0 Å². The average molecular weight is 238 g/mol. The van der Waals surface area contributed by atoms with Gasteiger partial charge in [-0.2, -0.15) is 0 Å². The van der Waals surface area contributed by atoms with Crippen molar-refractivity contribution in [2.45, 2.75) is 6.04 Å². The van der Waals surface area contributed by atoms with E-state index in [4.69, 9.17) is 9.84 Å². The zero-order valence-electron chi connectivity index (χ0n) is 9.50. The second-order valence-corrected chi connectivity index (χ2v) is 3.93. The highest BCUT2D eigenvalue weighted by atomic mass is 16.5. The van der Waals surface area contributed by atoms with Crippen molar-refractivity contribution in [1.29, 1.82) is 0 Å². The smallest absolute Gasteiger partial charge is 0.328 e. The summed E-state index contributed by atoms with van der Waals surface area (Å²) in [5.41, 5.74) is 0.484. The highest BCUT2D eigenvalue weighted by Crippen LogP contribution is 2.13. The lowest BCUT2D eigenvalue weighted by atomic mass is 10.2. The number of aromatic nitrogens is 1. The molecular weight excluding hydrogens is 224 g/mol. The monoisotopic (exact) mass is 238 g/mol. The number of carbonyl (C=O) groups is 2. The lowest BCUT2D eigenvalue weighted by Crippen LogP contribution is -2.52. The van der Waals surface area contributed by atoms with Gasteiger partial charge in [0, 0.05) is 19.8 Å². The van der Waals surface area contributed by atoms with Crippen LogP contribution in [0.5, 0.6) is 0 Å². The van der Waals surface area contributed by atoms with Crippen LogP contribution in [-0.4, -0.2) is 52.3 Å². The number of carbonyl (C=O) groups excluding carboxylic acids is 1. The van der Waals surface area contributed by atoms with Crippen molar-refractivity contribution in [1.82, 2.24) is 9.47 Å². The number of morpholine rings is 1. The van der Waals surface area contributed by atoms with Crippen LogP contribution in [0, 0.1) is 0 Å². The molecule has 1 aliphatic heterocycles. The summed E-state index contributed by atoms with van der Waals surface area (Å²) in [4.78, 5) is 24.6. The Kier molecular flexibility index (Phi) is 3.14. The van der Waals surface area contributed by atoms with Crippen molar-refractivity contribution in [3.8, 4) is 0 Å². The van der Waals surface area contributed by atoms with E-state index in [9.17, 15) is 9.59 Å². The van der Waals surface area contributed by atoms with Crippen LogP contribution >= 0.6 is 0 Å². The minimum atomic E-state index is -1.03. The van der Waals surface area contributed by atoms with Crippen LogP contribution in [-0.2, 0) is 16.6 Å². The van der Waals surface area contributed by atoms with Crippen LogP contribution in [0.25, 0.3) is 0 Å². The molecule has 0 radical (unpaired) electrons. The van der Waals surface area contributed by atoms with Gasteiger partial charge in [0.1, 0.15) is 5.69 Å². The molecule has 2 rings (SSSR count). The molecule has 92 valence electrons. The molecule has 0 aliphatic carbocycles.